The highest BCUT2D eigenvalue weighted by molar-refractivity contribution is 8.04. The third-order valence-electron chi connectivity index (χ3n) is 6.30. The minimum atomic E-state index is -4.34. The Kier molecular flexibility index (Phi) is 7.55. The minimum absolute atomic E-state index is 0.180. The first kappa shape index (κ1) is 27.1. The largest absolute Gasteiger partial charge is 0.748 e. The second-order valence-electron chi connectivity index (χ2n) is 9.16. The summed E-state index contributed by atoms with van der Waals surface area (Å²) in [7, 11) is -8.67. The Morgan fingerprint density at radius 2 is 1.68 bits per heavy atom. The number of anilines is 1. The summed E-state index contributed by atoms with van der Waals surface area (Å²) in [5.41, 5.74) is 3.00. The predicted molar refractivity (Wildman–Crippen MR) is 150 cm³/mol. The molecule has 0 atom stereocenters. The molecule has 1 aromatic heterocycles. The molecule has 0 aliphatic carbocycles. The molecular formula is C26H25N2O6S4-. The van der Waals surface area contributed by atoms with Gasteiger partial charge < -0.3 is 14.0 Å². The lowest BCUT2D eigenvalue weighted by Gasteiger charge is -2.21. The van der Waals surface area contributed by atoms with Crippen LogP contribution in [0.15, 0.2) is 64.5 Å². The fourth-order valence-electron chi connectivity index (χ4n) is 4.66. The number of aromatic nitrogens is 1. The lowest BCUT2D eigenvalue weighted by molar-refractivity contribution is -0.667. The van der Waals surface area contributed by atoms with Crippen molar-refractivity contribution in [2.75, 3.05) is 23.0 Å². The van der Waals surface area contributed by atoms with Crippen molar-refractivity contribution >= 4 is 76.1 Å². The molecule has 0 unspecified atom stereocenters. The lowest BCUT2D eigenvalue weighted by Crippen LogP contribution is -2.36. The van der Waals surface area contributed by atoms with Crippen LogP contribution in [-0.2, 0) is 26.8 Å². The number of thioether (sulfide) groups is 1. The van der Waals surface area contributed by atoms with Gasteiger partial charge in [0.25, 0.3) is 5.01 Å². The van der Waals surface area contributed by atoms with Crippen molar-refractivity contribution in [3.8, 4) is 0 Å². The van der Waals surface area contributed by atoms with Crippen LogP contribution in [0, 0.1) is 6.92 Å². The smallest absolute Gasteiger partial charge is 0.265 e. The molecule has 200 valence electrons. The van der Waals surface area contributed by atoms with E-state index in [2.05, 4.69) is 10.6 Å². The van der Waals surface area contributed by atoms with Crippen LogP contribution in [-0.4, -0.2) is 44.0 Å². The van der Waals surface area contributed by atoms with Crippen molar-refractivity contribution in [3.05, 3.63) is 70.2 Å². The number of hydrogen-bond acceptors (Lipinski definition) is 9. The summed E-state index contributed by atoms with van der Waals surface area (Å²) in [5, 5.41) is 3.86. The van der Waals surface area contributed by atoms with E-state index in [1.54, 1.807) is 23.1 Å². The van der Waals surface area contributed by atoms with Crippen LogP contribution < -0.4 is 9.47 Å². The zero-order chi connectivity index (χ0) is 27.1. The summed E-state index contributed by atoms with van der Waals surface area (Å²) in [6.45, 7) is 2.70. The molecule has 4 aromatic rings. The first-order chi connectivity index (χ1) is 18.0. The average molecular weight is 590 g/mol. The minimum Gasteiger partial charge on any atom is -0.748 e. The Bertz CT molecular complexity index is 1780. The third kappa shape index (κ3) is 6.05. The van der Waals surface area contributed by atoms with Crippen molar-refractivity contribution in [2.45, 2.75) is 31.2 Å². The van der Waals surface area contributed by atoms with Crippen LogP contribution in [0.25, 0.3) is 27.1 Å². The van der Waals surface area contributed by atoms with Gasteiger partial charge in [0.2, 0.25) is 5.52 Å². The molecule has 2 heterocycles. The third-order valence-corrected chi connectivity index (χ3v) is 10.1. The Balaban J connectivity index is 1.60. The van der Waals surface area contributed by atoms with E-state index in [1.807, 2.05) is 66.4 Å². The van der Waals surface area contributed by atoms with Gasteiger partial charge in [-0.1, -0.05) is 53.4 Å². The topological polar surface area (TPSA) is 122 Å². The van der Waals surface area contributed by atoms with Crippen molar-refractivity contribution in [1.29, 1.82) is 0 Å². The molecule has 1 aliphatic rings. The maximum absolute atomic E-state index is 11.3. The van der Waals surface area contributed by atoms with Gasteiger partial charge >= 0.3 is 0 Å². The van der Waals surface area contributed by atoms with Crippen LogP contribution in [0.5, 0.6) is 0 Å². The highest BCUT2D eigenvalue weighted by Gasteiger charge is 2.28. The predicted octanol–water partition coefficient (Wildman–Crippen LogP) is 4.43. The molecule has 0 saturated heterocycles. The Morgan fingerprint density at radius 1 is 0.947 bits per heavy atom. The number of thiazole rings is 1. The maximum Gasteiger partial charge on any atom is 0.265 e. The molecule has 8 nitrogen and oxygen atoms in total. The standard InChI is InChI=1S/C26H26N2O6S4/c1-18-8-10-22-21(16-18)27(12-4-14-37(29,30)31)24(35-22)17-25-28(13-5-15-38(32,33)34)26-20-7-3-2-6-19(20)9-11-23(26)36-25/h2-3,6-11,16-17H,4-5,12-15H2,1H3,(H-,29,30,31,32,33,34)/p-1. The van der Waals surface area contributed by atoms with Crippen molar-refractivity contribution < 1.29 is 30.5 Å². The monoisotopic (exact) mass is 589 g/mol. The van der Waals surface area contributed by atoms with Gasteiger partial charge in [-0.3, -0.25) is 0 Å². The Hall–Kier alpha value is -2.48. The first-order valence-electron chi connectivity index (χ1n) is 12.0. The SMILES string of the molecule is Cc1ccc2c(c1)N(CCCS(=O)(=O)[O-])/C(=C/c1sc3ccc4ccccc4c3[n+]1CCCS(=O)(=O)[O-])S2. The zero-order valence-electron chi connectivity index (χ0n) is 20.5. The highest BCUT2D eigenvalue weighted by atomic mass is 32.2. The molecule has 5 rings (SSSR count). The summed E-state index contributed by atoms with van der Waals surface area (Å²) in [6.07, 6.45) is 2.39. The fraction of sp³-hybridized carbons (Fsp3) is 0.269. The summed E-state index contributed by atoms with van der Waals surface area (Å²) < 4.78 is 70.8. The fourth-order valence-corrected chi connectivity index (χ4v) is 7.94. The van der Waals surface area contributed by atoms with E-state index in [4.69, 9.17) is 0 Å². The molecule has 0 saturated carbocycles. The van der Waals surface area contributed by atoms with Crippen molar-refractivity contribution in [2.24, 2.45) is 0 Å². The van der Waals surface area contributed by atoms with Gasteiger partial charge in [0.1, 0.15) is 4.70 Å². The van der Waals surface area contributed by atoms with Gasteiger partial charge in [0.05, 0.1) is 42.4 Å². The number of hydrogen-bond donors (Lipinski definition) is 0. The number of rotatable bonds is 9. The number of aryl methyl sites for hydroxylation is 2. The van der Waals surface area contributed by atoms with Gasteiger partial charge in [0.15, 0.2) is 6.54 Å². The molecule has 0 fully saturated rings. The van der Waals surface area contributed by atoms with E-state index in [9.17, 15) is 25.9 Å². The molecule has 0 N–H and O–H groups in total. The van der Waals surface area contributed by atoms with Crippen LogP contribution in [0.4, 0.5) is 5.69 Å². The molecule has 12 heteroatoms. The van der Waals surface area contributed by atoms with Crippen LogP contribution in [0.2, 0.25) is 0 Å². The normalized spacial score (nSPS) is 15.1. The summed E-state index contributed by atoms with van der Waals surface area (Å²) in [6, 6.07) is 18.2. The number of nitrogens with zero attached hydrogens (tertiary/aromatic N) is 2. The zero-order valence-corrected chi connectivity index (χ0v) is 23.8. The van der Waals surface area contributed by atoms with E-state index < -0.39 is 31.7 Å². The van der Waals surface area contributed by atoms with Crippen molar-refractivity contribution in [1.82, 2.24) is 0 Å². The van der Waals surface area contributed by atoms with Crippen LogP contribution in [0.1, 0.15) is 23.4 Å². The van der Waals surface area contributed by atoms with Gasteiger partial charge in [0, 0.05) is 29.4 Å². The molecule has 0 bridgehead atoms. The maximum atomic E-state index is 11.3. The van der Waals surface area contributed by atoms with Gasteiger partial charge in [-0.15, -0.1) is 0 Å². The van der Waals surface area contributed by atoms with Gasteiger partial charge in [-0.2, -0.15) is 4.57 Å². The summed E-state index contributed by atoms with van der Waals surface area (Å²) >= 11 is 3.13. The van der Waals surface area contributed by atoms with Gasteiger partial charge in [-0.05, 0) is 48.6 Å². The van der Waals surface area contributed by atoms with Gasteiger partial charge in [-0.25, -0.2) is 16.8 Å². The van der Waals surface area contributed by atoms with Crippen molar-refractivity contribution in [3.63, 3.8) is 0 Å². The molecule has 1 aliphatic heterocycles. The van der Waals surface area contributed by atoms with E-state index in [0.717, 1.165) is 47.2 Å². The van der Waals surface area contributed by atoms with E-state index in [-0.39, 0.29) is 12.8 Å². The molecule has 0 radical (unpaired) electrons. The molecule has 0 spiro atoms. The van der Waals surface area contributed by atoms with E-state index in [1.165, 1.54) is 0 Å². The van der Waals surface area contributed by atoms with E-state index >= 15 is 0 Å². The second-order valence-corrected chi connectivity index (χ2v) is 14.3. The number of benzene rings is 3. The van der Waals surface area contributed by atoms with Crippen LogP contribution >= 0.6 is 23.1 Å². The Labute approximate surface area is 230 Å². The average Bonchev–Trinajstić information content (AvgIpc) is 3.35. The van der Waals surface area contributed by atoms with Crippen LogP contribution in [0.3, 0.4) is 0 Å². The molecule has 0 amide bonds. The Morgan fingerprint density at radius 3 is 2.45 bits per heavy atom. The lowest BCUT2D eigenvalue weighted by atomic mass is 10.1. The first-order valence-corrected chi connectivity index (χ1v) is 16.8. The molecular weight excluding hydrogens is 565 g/mol. The second kappa shape index (κ2) is 10.6. The summed E-state index contributed by atoms with van der Waals surface area (Å²) in [5.74, 6) is -0.894. The summed E-state index contributed by atoms with van der Waals surface area (Å²) in [4.78, 5) is 3.06. The molecule has 3 aromatic carbocycles. The highest BCUT2D eigenvalue weighted by Crippen LogP contribution is 2.47. The number of fused-ring (bicyclic) bond motifs is 4. The quantitative estimate of drug-likeness (QED) is 0.208. The molecule has 38 heavy (non-hydrogen) atoms. The van der Waals surface area contributed by atoms with E-state index in [0.29, 0.717) is 13.1 Å².